The number of rotatable bonds is 5. The fraction of sp³-hybridized carbons (Fsp3) is 0.105. The Morgan fingerprint density at radius 3 is 2.62 bits per heavy atom. The van der Waals surface area contributed by atoms with Crippen molar-refractivity contribution in [2.45, 2.75) is 13.3 Å². The van der Waals surface area contributed by atoms with E-state index in [-0.39, 0.29) is 18.1 Å². The average Bonchev–Trinajstić information content (AvgIpc) is 3.04. The van der Waals surface area contributed by atoms with Crippen LogP contribution < -0.4 is 5.32 Å². The summed E-state index contributed by atoms with van der Waals surface area (Å²) in [5.41, 5.74) is 2.55. The molecule has 2 aromatic carbocycles. The molecule has 0 saturated heterocycles. The van der Waals surface area contributed by atoms with Crippen LogP contribution in [0.4, 0.5) is 5.69 Å². The van der Waals surface area contributed by atoms with Gasteiger partial charge in [0, 0.05) is 16.8 Å². The van der Waals surface area contributed by atoms with Gasteiger partial charge < -0.3 is 9.73 Å². The number of hydrogen-bond acceptors (Lipinski definition) is 4. The van der Waals surface area contributed by atoms with Crippen molar-refractivity contribution in [3.63, 3.8) is 0 Å². The van der Waals surface area contributed by atoms with Gasteiger partial charge in [0.15, 0.2) is 5.78 Å². The molecule has 5 heteroatoms. The Morgan fingerprint density at radius 2 is 1.88 bits per heavy atom. The van der Waals surface area contributed by atoms with Gasteiger partial charge in [0.25, 0.3) is 0 Å². The van der Waals surface area contributed by atoms with Crippen molar-refractivity contribution >= 4 is 17.4 Å². The molecule has 120 valence electrons. The molecular weight excluding hydrogens is 304 g/mol. The van der Waals surface area contributed by atoms with Gasteiger partial charge in [0.05, 0.1) is 12.1 Å². The predicted octanol–water partition coefficient (Wildman–Crippen LogP) is 3.73. The molecule has 0 unspecified atom stereocenters. The first-order valence-corrected chi connectivity index (χ1v) is 7.52. The summed E-state index contributed by atoms with van der Waals surface area (Å²) in [7, 11) is 0. The highest BCUT2D eigenvalue weighted by atomic mass is 16.3. The molecule has 1 N–H and O–H groups in total. The lowest BCUT2D eigenvalue weighted by Gasteiger charge is -2.05. The van der Waals surface area contributed by atoms with Gasteiger partial charge in [-0.1, -0.05) is 30.3 Å². The third kappa shape index (κ3) is 3.76. The van der Waals surface area contributed by atoms with Crippen molar-refractivity contribution in [2.24, 2.45) is 0 Å². The minimum atomic E-state index is -0.219. The van der Waals surface area contributed by atoms with E-state index >= 15 is 0 Å². The highest BCUT2D eigenvalue weighted by Gasteiger charge is 2.11. The first-order valence-electron chi connectivity index (χ1n) is 7.52. The summed E-state index contributed by atoms with van der Waals surface area (Å²) in [6, 6.07) is 16.3. The second-order valence-corrected chi connectivity index (χ2v) is 5.37. The number of benzene rings is 2. The third-order valence-corrected chi connectivity index (χ3v) is 3.47. The van der Waals surface area contributed by atoms with Gasteiger partial charge in [-0.05, 0) is 31.2 Å². The van der Waals surface area contributed by atoms with E-state index < -0.39 is 0 Å². The van der Waals surface area contributed by atoms with Crippen LogP contribution in [0, 0.1) is 0 Å². The molecule has 1 heterocycles. The summed E-state index contributed by atoms with van der Waals surface area (Å²) in [5.74, 6) is 0.218. The maximum absolute atomic E-state index is 12.1. The molecule has 0 aliphatic heterocycles. The fourth-order valence-corrected chi connectivity index (χ4v) is 2.29. The maximum atomic E-state index is 12.1. The standard InChI is InChI=1S/C19H16N2O3/c1-13(22)15-8-5-9-16(10-15)20-18(23)11-17-12-24-19(21-17)14-6-3-2-4-7-14/h2-10,12H,11H2,1H3,(H,20,23). The summed E-state index contributed by atoms with van der Waals surface area (Å²) in [6.45, 7) is 1.49. The molecule has 0 radical (unpaired) electrons. The zero-order valence-corrected chi connectivity index (χ0v) is 13.2. The molecule has 1 amide bonds. The van der Waals surface area contributed by atoms with Crippen LogP contribution in [0.1, 0.15) is 23.0 Å². The lowest BCUT2D eigenvalue weighted by atomic mass is 10.1. The molecule has 0 aliphatic carbocycles. The molecule has 3 aromatic rings. The van der Waals surface area contributed by atoms with E-state index in [1.54, 1.807) is 24.3 Å². The Labute approximate surface area is 139 Å². The topological polar surface area (TPSA) is 72.2 Å². The number of Topliss-reactive ketones (excluding diaryl/α,β-unsaturated/α-hetero) is 1. The minimum absolute atomic E-state index is 0.0462. The first kappa shape index (κ1) is 15.7. The predicted molar refractivity (Wildman–Crippen MR) is 90.7 cm³/mol. The van der Waals surface area contributed by atoms with E-state index in [1.165, 1.54) is 13.2 Å². The number of carbonyl (C=O) groups is 2. The van der Waals surface area contributed by atoms with Crippen LogP contribution >= 0.6 is 0 Å². The van der Waals surface area contributed by atoms with E-state index in [4.69, 9.17) is 4.42 Å². The molecule has 1 aromatic heterocycles. The van der Waals surface area contributed by atoms with Crippen LogP contribution in [0.5, 0.6) is 0 Å². The lowest BCUT2D eigenvalue weighted by Crippen LogP contribution is -2.14. The Balaban J connectivity index is 1.66. The van der Waals surface area contributed by atoms with Crippen molar-refractivity contribution < 1.29 is 14.0 Å². The maximum Gasteiger partial charge on any atom is 0.230 e. The van der Waals surface area contributed by atoms with Gasteiger partial charge in [-0.25, -0.2) is 4.98 Å². The van der Waals surface area contributed by atoms with Crippen LogP contribution in [-0.2, 0) is 11.2 Å². The van der Waals surface area contributed by atoms with Gasteiger partial charge in [0.1, 0.15) is 6.26 Å². The van der Waals surface area contributed by atoms with Gasteiger partial charge in [0.2, 0.25) is 11.8 Å². The van der Waals surface area contributed by atoms with Crippen LogP contribution in [0.2, 0.25) is 0 Å². The number of carbonyl (C=O) groups excluding carboxylic acids is 2. The molecule has 5 nitrogen and oxygen atoms in total. The molecule has 0 saturated carbocycles. The summed E-state index contributed by atoms with van der Waals surface area (Å²) in [5, 5.41) is 2.76. The zero-order chi connectivity index (χ0) is 16.9. The Bertz CT molecular complexity index is 869. The lowest BCUT2D eigenvalue weighted by molar-refractivity contribution is -0.115. The smallest absolute Gasteiger partial charge is 0.230 e. The van der Waals surface area contributed by atoms with Gasteiger partial charge in [-0.2, -0.15) is 0 Å². The molecule has 0 aliphatic rings. The van der Waals surface area contributed by atoms with Crippen molar-refractivity contribution in [1.82, 2.24) is 4.98 Å². The van der Waals surface area contributed by atoms with Crippen molar-refractivity contribution in [1.29, 1.82) is 0 Å². The van der Waals surface area contributed by atoms with E-state index in [9.17, 15) is 9.59 Å². The zero-order valence-electron chi connectivity index (χ0n) is 13.2. The molecule has 0 atom stereocenters. The van der Waals surface area contributed by atoms with Gasteiger partial charge in [-0.3, -0.25) is 9.59 Å². The van der Waals surface area contributed by atoms with E-state index in [1.807, 2.05) is 30.3 Å². The third-order valence-electron chi connectivity index (χ3n) is 3.47. The molecule has 0 spiro atoms. The quantitative estimate of drug-likeness (QED) is 0.727. The number of nitrogens with one attached hydrogen (secondary N) is 1. The normalized spacial score (nSPS) is 10.4. The number of nitrogens with zero attached hydrogens (tertiary/aromatic N) is 1. The summed E-state index contributed by atoms with van der Waals surface area (Å²) >= 11 is 0. The second-order valence-electron chi connectivity index (χ2n) is 5.37. The van der Waals surface area contributed by atoms with E-state index in [2.05, 4.69) is 10.3 Å². The Kier molecular flexibility index (Phi) is 4.52. The second kappa shape index (κ2) is 6.91. The van der Waals surface area contributed by atoms with E-state index in [0.29, 0.717) is 22.8 Å². The Morgan fingerprint density at radius 1 is 1.08 bits per heavy atom. The highest BCUT2D eigenvalue weighted by Crippen LogP contribution is 2.18. The minimum Gasteiger partial charge on any atom is -0.444 e. The largest absolute Gasteiger partial charge is 0.444 e. The number of aromatic nitrogens is 1. The first-order chi connectivity index (χ1) is 11.6. The van der Waals surface area contributed by atoms with Gasteiger partial charge in [-0.15, -0.1) is 0 Å². The molecule has 0 bridgehead atoms. The SMILES string of the molecule is CC(=O)c1cccc(NC(=O)Cc2coc(-c3ccccc3)n2)c1. The molecule has 24 heavy (non-hydrogen) atoms. The number of amides is 1. The summed E-state index contributed by atoms with van der Waals surface area (Å²) < 4.78 is 5.42. The van der Waals surface area contributed by atoms with E-state index in [0.717, 1.165) is 5.56 Å². The molecule has 0 fully saturated rings. The van der Waals surface area contributed by atoms with Crippen molar-refractivity contribution in [3.05, 3.63) is 72.1 Å². The van der Waals surface area contributed by atoms with Crippen LogP contribution in [0.3, 0.4) is 0 Å². The summed E-state index contributed by atoms with van der Waals surface area (Å²) in [6.07, 6.45) is 1.58. The fourth-order valence-electron chi connectivity index (χ4n) is 2.29. The number of oxazole rings is 1. The van der Waals surface area contributed by atoms with Crippen molar-refractivity contribution in [2.75, 3.05) is 5.32 Å². The van der Waals surface area contributed by atoms with Crippen molar-refractivity contribution in [3.8, 4) is 11.5 Å². The molecular formula is C19H16N2O3. The monoisotopic (exact) mass is 320 g/mol. The number of anilines is 1. The van der Waals surface area contributed by atoms with Crippen LogP contribution in [0.25, 0.3) is 11.5 Å². The van der Waals surface area contributed by atoms with Crippen LogP contribution in [-0.4, -0.2) is 16.7 Å². The highest BCUT2D eigenvalue weighted by molar-refractivity contribution is 5.97. The summed E-state index contributed by atoms with van der Waals surface area (Å²) in [4.78, 5) is 27.8. The number of hydrogen-bond donors (Lipinski definition) is 1. The molecule has 3 rings (SSSR count). The number of ketones is 1. The van der Waals surface area contributed by atoms with Gasteiger partial charge >= 0.3 is 0 Å². The van der Waals surface area contributed by atoms with Crippen LogP contribution in [0.15, 0.2) is 65.3 Å². The Hall–Kier alpha value is -3.21. The average molecular weight is 320 g/mol.